The molecule has 0 spiro atoms. The van der Waals surface area contributed by atoms with Crippen molar-refractivity contribution in [3.8, 4) is 0 Å². The van der Waals surface area contributed by atoms with Crippen LogP contribution in [0.1, 0.15) is 39.0 Å². The number of anilines is 2. The third-order valence-electron chi connectivity index (χ3n) is 4.45. The third-order valence-corrected chi connectivity index (χ3v) is 4.45. The van der Waals surface area contributed by atoms with Gasteiger partial charge in [0, 0.05) is 12.2 Å². The minimum atomic E-state index is -0.479. The summed E-state index contributed by atoms with van der Waals surface area (Å²) < 4.78 is 12.1. The first kappa shape index (κ1) is 16.8. The predicted octanol–water partition coefficient (Wildman–Crippen LogP) is 1.53. The van der Waals surface area contributed by atoms with Crippen molar-refractivity contribution in [1.29, 1.82) is 0 Å². The van der Waals surface area contributed by atoms with Crippen molar-refractivity contribution in [3.63, 3.8) is 0 Å². The van der Waals surface area contributed by atoms with Crippen LogP contribution in [0.3, 0.4) is 0 Å². The Morgan fingerprint density at radius 2 is 1.77 bits per heavy atom. The van der Waals surface area contributed by atoms with Crippen LogP contribution in [0.2, 0.25) is 0 Å². The van der Waals surface area contributed by atoms with Gasteiger partial charge in [-0.2, -0.15) is 0 Å². The topological polar surface area (TPSA) is 109 Å². The van der Waals surface area contributed by atoms with E-state index in [2.05, 4.69) is 4.98 Å². The van der Waals surface area contributed by atoms with Crippen LogP contribution in [-0.2, 0) is 9.31 Å². The predicted molar refractivity (Wildman–Crippen MR) is 90.9 cm³/mol. The van der Waals surface area contributed by atoms with Gasteiger partial charge in [0.05, 0.1) is 16.9 Å². The Kier molecular flexibility index (Phi) is 4.25. The van der Waals surface area contributed by atoms with Crippen LogP contribution >= 0.6 is 0 Å². The Bertz CT molecular complexity index is 598. The first-order chi connectivity index (χ1) is 10.1. The van der Waals surface area contributed by atoms with Gasteiger partial charge in [-0.1, -0.05) is 6.08 Å². The molecular weight excluding hydrogens is 279 g/mol. The highest BCUT2D eigenvalue weighted by Crippen LogP contribution is 2.38. The lowest BCUT2D eigenvalue weighted by Gasteiger charge is -2.32. The highest BCUT2D eigenvalue weighted by atomic mass is 16.7. The summed E-state index contributed by atoms with van der Waals surface area (Å²) >= 11 is 0. The van der Waals surface area contributed by atoms with Gasteiger partial charge in [0.15, 0.2) is 0 Å². The number of rotatable bonds is 3. The molecule has 6 N–H and O–H groups in total. The van der Waals surface area contributed by atoms with E-state index >= 15 is 0 Å². The van der Waals surface area contributed by atoms with Gasteiger partial charge in [-0.3, -0.25) is 0 Å². The van der Waals surface area contributed by atoms with E-state index in [0.29, 0.717) is 18.1 Å². The highest BCUT2D eigenvalue weighted by Gasteiger charge is 2.52. The molecule has 2 rings (SSSR count). The Morgan fingerprint density at radius 1 is 1.23 bits per heavy atom. The van der Waals surface area contributed by atoms with Crippen LogP contribution in [0, 0.1) is 6.92 Å². The Balaban J connectivity index is 2.36. The molecule has 1 saturated heterocycles. The number of pyridine rings is 1. The molecule has 1 aromatic rings. The minimum Gasteiger partial charge on any atom is -0.400 e. The molecule has 0 saturated carbocycles. The first-order valence-electron chi connectivity index (χ1n) is 7.36. The summed E-state index contributed by atoms with van der Waals surface area (Å²) in [5.74, 6) is 0.333. The smallest absolute Gasteiger partial charge is 0.400 e. The van der Waals surface area contributed by atoms with Crippen LogP contribution in [0.5, 0.6) is 0 Å². The maximum absolute atomic E-state index is 6.04. The number of aromatic nitrogens is 1. The molecule has 7 heteroatoms. The van der Waals surface area contributed by atoms with E-state index in [9.17, 15) is 0 Å². The molecule has 22 heavy (non-hydrogen) atoms. The summed E-state index contributed by atoms with van der Waals surface area (Å²) in [6.07, 6.45) is 1.92. The highest BCUT2D eigenvalue weighted by molar-refractivity contribution is 6.55. The van der Waals surface area contributed by atoms with Crippen molar-refractivity contribution in [2.45, 2.75) is 45.8 Å². The van der Waals surface area contributed by atoms with Crippen LogP contribution < -0.4 is 17.2 Å². The number of nitrogen functional groups attached to an aromatic ring is 2. The minimum absolute atomic E-state index is 0.320. The molecule has 1 fully saturated rings. The molecule has 0 amide bonds. The second-order valence-corrected chi connectivity index (χ2v) is 6.65. The van der Waals surface area contributed by atoms with Gasteiger partial charge < -0.3 is 26.5 Å². The quantitative estimate of drug-likeness (QED) is 0.731. The summed E-state index contributed by atoms with van der Waals surface area (Å²) in [7, 11) is -0.479. The molecule has 6 nitrogen and oxygen atoms in total. The monoisotopic (exact) mass is 304 g/mol. The van der Waals surface area contributed by atoms with Crippen molar-refractivity contribution in [3.05, 3.63) is 22.8 Å². The van der Waals surface area contributed by atoms with Crippen molar-refractivity contribution in [2.75, 3.05) is 18.0 Å². The SMILES string of the molecule is Cc1nc(N)c(N)cc1C=C(CN)B1OC(C)(C)C(C)(C)O1. The zero-order valence-corrected chi connectivity index (χ0v) is 13.9. The zero-order chi connectivity index (χ0) is 16.7. The second-order valence-electron chi connectivity index (χ2n) is 6.65. The van der Waals surface area contributed by atoms with E-state index in [-0.39, 0.29) is 0 Å². The standard InChI is InChI=1S/C15H25BN4O2/c1-9-10(7-12(18)13(19)20-9)6-11(8-17)16-21-14(2,3)15(4,5)22-16/h6-7H,8,17-18H2,1-5H3,(H2,19,20). The lowest BCUT2D eigenvalue weighted by molar-refractivity contribution is 0.00578. The maximum Gasteiger partial charge on any atom is 0.491 e. The van der Waals surface area contributed by atoms with E-state index in [4.69, 9.17) is 26.5 Å². The van der Waals surface area contributed by atoms with E-state index in [0.717, 1.165) is 16.7 Å². The van der Waals surface area contributed by atoms with Gasteiger partial charge in [-0.15, -0.1) is 0 Å². The Morgan fingerprint density at radius 3 is 2.27 bits per heavy atom. The molecule has 0 radical (unpaired) electrons. The number of aryl methyl sites for hydroxylation is 1. The van der Waals surface area contributed by atoms with Crippen molar-refractivity contribution < 1.29 is 9.31 Å². The molecule has 0 aliphatic carbocycles. The maximum atomic E-state index is 6.04. The summed E-state index contributed by atoms with van der Waals surface area (Å²) in [6, 6.07) is 1.79. The number of nitrogens with two attached hydrogens (primary N) is 3. The number of hydrogen-bond donors (Lipinski definition) is 3. The van der Waals surface area contributed by atoms with E-state index in [1.54, 1.807) is 6.07 Å². The van der Waals surface area contributed by atoms with E-state index in [1.807, 2.05) is 40.7 Å². The third kappa shape index (κ3) is 2.97. The fourth-order valence-corrected chi connectivity index (χ4v) is 2.22. The molecule has 1 aromatic heterocycles. The zero-order valence-electron chi connectivity index (χ0n) is 13.9. The fraction of sp³-hybridized carbons (Fsp3) is 0.533. The van der Waals surface area contributed by atoms with Crippen LogP contribution in [0.15, 0.2) is 11.5 Å². The number of hydrogen-bond acceptors (Lipinski definition) is 6. The summed E-state index contributed by atoms with van der Waals surface area (Å²) in [5, 5.41) is 0. The molecule has 2 heterocycles. The molecular formula is C15H25BN4O2. The molecule has 120 valence electrons. The van der Waals surface area contributed by atoms with Gasteiger partial charge in [0.25, 0.3) is 0 Å². The van der Waals surface area contributed by atoms with E-state index < -0.39 is 18.3 Å². The van der Waals surface area contributed by atoms with Crippen LogP contribution in [0.25, 0.3) is 6.08 Å². The second kappa shape index (κ2) is 5.57. The molecule has 0 aromatic carbocycles. The normalized spacial score (nSPS) is 20.5. The molecule has 0 unspecified atom stereocenters. The lowest BCUT2D eigenvalue weighted by atomic mass is 9.77. The van der Waals surface area contributed by atoms with Crippen LogP contribution in [0.4, 0.5) is 11.5 Å². The average molecular weight is 304 g/mol. The Labute approximate surface area is 132 Å². The fourth-order valence-electron chi connectivity index (χ4n) is 2.22. The Hall–Kier alpha value is -1.57. The molecule has 0 atom stereocenters. The molecule has 1 aliphatic heterocycles. The van der Waals surface area contributed by atoms with Crippen LogP contribution in [-0.4, -0.2) is 29.8 Å². The van der Waals surface area contributed by atoms with E-state index in [1.165, 1.54) is 0 Å². The largest absolute Gasteiger partial charge is 0.491 e. The lowest BCUT2D eigenvalue weighted by Crippen LogP contribution is -2.41. The summed E-state index contributed by atoms with van der Waals surface area (Å²) in [6.45, 7) is 10.2. The van der Waals surface area contributed by atoms with Gasteiger partial charge in [0.2, 0.25) is 0 Å². The van der Waals surface area contributed by atoms with Gasteiger partial charge in [0.1, 0.15) is 5.82 Å². The average Bonchev–Trinajstić information content (AvgIpc) is 2.61. The van der Waals surface area contributed by atoms with Gasteiger partial charge >= 0.3 is 7.12 Å². The molecule has 1 aliphatic rings. The van der Waals surface area contributed by atoms with Gasteiger partial charge in [-0.05, 0) is 51.7 Å². The summed E-state index contributed by atoms with van der Waals surface area (Å²) in [5.41, 5.74) is 19.6. The van der Waals surface area contributed by atoms with Gasteiger partial charge in [-0.25, -0.2) is 4.98 Å². The first-order valence-corrected chi connectivity index (χ1v) is 7.36. The van der Waals surface area contributed by atoms with Crippen molar-refractivity contribution >= 4 is 24.7 Å². The summed E-state index contributed by atoms with van der Waals surface area (Å²) in [4.78, 5) is 4.23. The van der Waals surface area contributed by atoms with Crippen molar-refractivity contribution in [1.82, 2.24) is 4.98 Å². The molecule has 0 bridgehead atoms. The number of nitrogens with zero attached hydrogens (tertiary/aromatic N) is 1. The van der Waals surface area contributed by atoms with Crippen molar-refractivity contribution in [2.24, 2.45) is 5.73 Å².